The first-order chi connectivity index (χ1) is 11.0. The van der Waals surface area contributed by atoms with Gasteiger partial charge in [-0.1, -0.05) is 17.7 Å². The Bertz CT molecular complexity index is 589. The van der Waals surface area contributed by atoms with Crippen LogP contribution in [0.3, 0.4) is 0 Å². The van der Waals surface area contributed by atoms with Crippen LogP contribution in [0.15, 0.2) is 18.2 Å². The summed E-state index contributed by atoms with van der Waals surface area (Å²) in [6.07, 6.45) is 2.72. The monoisotopic (exact) mass is 341 g/mol. The van der Waals surface area contributed by atoms with Gasteiger partial charge in [0.15, 0.2) is 0 Å². The molecule has 0 aliphatic carbocycles. The van der Waals surface area contributed by atoms with E-state index in [-0.39, 0.29) is 29.5 Å². The van der Waals surface area contributed by atoms with Crippen molar-refractivity contribution >= 4 is 17.5 Å². The molecule has 2 heterocycles. The fourth-order valence-corrected chi connectivity index (χ4v) is 3.89. The van der Waals surface area contributed by atoms with Crippen LogP contribution < -0.4 is 5.32 Å². The number of nitrogens with one attached hydrogen (secondary N) is 1. The molecule has 23 heavy (non-hydrogen) atoms. The summed E-state index contributed by atoms with van der Waals surface area (Å²) < 4.78 is 25.2. The van der Waals surface area contributed by atoms with E-state index in [0.29, 0.717) is 24.7 Å². The van der Waals surface area contributed by atoms with E-state index in [2.05, 4.69) is 5.32 Å². The third kappa shape index (κ3) is 3.84. The van der Waals surface area contributed by atoms with Gasteiger partial charge >= 0.3 is 0 Å². The van der Waals surface area contributed by atoms with Gasteiger partial charge in [0.05, 0.1) is 11.7 Å². The fraction of sp³-hybridized carbons (Fsp3) is 0.588. The van der Waals surface area contributed by atoms with E-state index in [4.69, 9.17) is 21.1 Å². The maximum Gasteiger partial charge on any atom is 0.217 e. The highest BCUT2D eigenvalue weighted by Crippen LogP contribution is 2.44. The molecule has 1 amide bonds. The van der Waals surface area contributed by atoms with Crippen LogP contribution in [0.25, 0.3) is 0 Å². The maximum absolute atomic E-state index is 13.3. The van der Waals surface area contributed by atoms with Crippen molar-refractivity contribution in [2.75, 3.05) is 13.2 Å². The molecule has 3 rings (SSSR count). The second kappa shape index (κ2) is 6.75. The SMILES string of the molecule is CC(=O)N[C@@H]1C[C@H](c2ccc(F)cc2Cl)OC2(CCOCC2)C1. The quantitative estimate of drug-likeness (QED) is 0.897. The molecule has 1 aromatic rings. The van der Waals surface area contributed by atoms with E-state index >= 15 is 0 Å². The molecule has 0 bridgehead atoms. The van der Waals surface area contributed by atoms with Crippen LogP contribution in [0, 0.1) is 5.82 Å². The van der Waals surface area contributed by atoms with E-state index in [1.807, 2.05) is 0 Å². The number of hydrogen-bond acceptors (Lipinski definition) is 3. The van der Waals surface area contributed by atoms with Gasteiger partial charge < -0.3 is 14.8 Å². The molecule has 1 spiro atoms. The normalized spacial score (nSPS) is 26.9. The van der Waals surface area contributed by atoms with Gasteiger partial charge in [-0.2, -0.15) is 0 Å². The molecule has 2 aliphatic heterocycles. The summed E-state index contributed by atoms with van der Waals surface area (Å²) >= 11 is 6.21. The zero-order valence-corrected chi connectivity index (χ0v) is 13.9. The molecule has 0 aromatic heterocycles. The van der Waals surface area contributed by atoms with Crippen molar-refractivity contribution < 1.29 is 18.7 Å². The first kappa shape index (κ1) is 16.7. The van der Waals surface area contributed by atoms with Gasteiger partial charge in [0.25, 0.3) is 0 Å². The molecule has 126 valence electrons. The second-order valence-electron chi connectivity index (χ2n) is 6.40. The Hall–Kier alpha value is -1.17. The minimum absolute atomic E-state index is 0.0190. The van der Waals surface area contributed by atoms with Crippen LogP contribution in [0.5, 0.6) is 0 Å². The van der Waals surface area contributed by atoms with Crippen molar-refractivity contribution in [1.82, 2.24) is 5.32 Å². The van der Waals surface area contributed by atoms with Crippen LogP contribution in [-0.2, 0) is 14.3 Å². The minimum Gasteiger partial charge on any atom is -0.381 e. The van der Waals surface area contributed by atoms with Gasteiger partial charge in [0, 0.05) is 31.2 Å². The van der Waals surface area contributed by atoms with Gasteiger partial charge in [-0.05, 0) is 43.4 Å². The molecule has 0 unspecified atom stereocenters. The molecule has 2 fully saturated rings. The molecule has 1 aromatic carbocycles. The summed E-state index contributed by atoms with van der Waals surface area (Å²) in [5, 5.41) is 3.37. The largest absolute Gasteiger partial charge is 0.381 e. The zero-order valence-electron chi connectivity index (χ0n) is 13.1. The predicted octanol–water partition coefficient (Wildman–Crippen LogP) is 3.38. The lowest BCUT2D eigenvalue weighted by atomic mass is 9.81. The van der Waals surface area contributed by atoms with Crippen LogP contribution in [-0.4, -0.2) is 30.8 Å². The van der Waals surface area contributed by atoms with E-state index in [1.165, 1.54) is 19.1 Å². The van der Waals surface area contributed by atoms with E-state index in [1.54, 1.807) is 6.07 Å². The summed E-state index contributed by atoms with van der Waals surface area (Å²) in [4.78, 5) is 11.5. The van der Waals surface area contributed by atoms with Crippen LogP contribution in [0.4, 0.5) is 4.39 Å². The lowest BCUT2D eigenvalue weighted by molar-refractivity contribution is -0.178. The number of halogens is 2. The second-order valence-corrected chi connectivity index (χ2v) is 6.81. The van der Waals surface area contributed by atoms with Gasteiger partial charge in [-0.15, -0.1) is 0 Å². The predicted molar refractivity (Wildman–Crippen MR) is 84.9 cm³/mol. The lowest BCUT2D eigenvalue weighted by Gasteiger charge is -2.47. The van der Waals surface area contributed by atoms with Crippen molar-refractivity contribution in [1.29, 1.82) is 0 Å². The highest BCUT2D eigenvalue weighted by molar-refractivity contribution is 6.31. The smallest absolute Gasteiger partial charge is 0.217 e. The number of benzene rings is 1. The third-order valence-electron chi connectivity index (χ3n) is 4.63. The molecule has 2 saturated heterocycles. The van der Waals surface area contributed by atoms with Crippen molar-refractivity contribution in [2.24, 2.45) is 0 Å². The molecule has 0 saturated carbocycles. The standard InChI is InChI=1S/C17H21ClFNO3/c1-11(21)20-13-9-16(14-3-2-12(19)8-15(14)18)23-17(10-13)4-6-22-7-5-17/h2-3,8,13,16H,4-7,9-10H2,1H3,(H,20,21)/t13-,16-/m1/s1. The molecular formula is C17H21ClFNO3. The molecule has 4 nitrogen and oxygen atoms in total. The number of amides is 1. The van der Waals surface area contributed by atoms with E-state index < -0.39 is 0 Å². The molecule has 2 aliphatic rings. The van der Waals surface area contributed by atoms with Crippen LogP contribution >= 0.6 is 11.6 Å². The summed E-state index contributed by atoms with van der Waals surface area (Å²) in [6, 6.07) is 4.39. The lowest BCUT2D eigenvalue weighted by Crippen LogP contribution is -2.51. The Kier molecular flexibility index (Phi) is 4.90. The first-order valence-corrected chi connectivity index (χ1v) is 8.33. The van der Waals surface area contributed by atoms with Gasteiger partial charge in [-0.3, -0.25) is 4.79 Å². The molecule has 2 atom stereocenters. The third-order valence-corrected chi connectivity index (χ3v) is 4.96. The van der Waals surface area contributed by atoms with Crippen molar-refractivity contribution in [2.45, 2.75) is 50.4 Å². The summed E-state index contributed by atoms with van der Waals surface area (Å²) in [5.74, 6) is -0.420. The molecule has 6 heteroatoms. The highest BCUT2D eigenvalue weighted by atomic mass is 35.5. The van der Waals surface area contributed by atoms with E-state index in [0.717, 1.165) is 24.8 Å². The number of carbonyl (C=O) groups is 1. The molecular weight excluding hydrogens is 321 g/mol. The average Bonchev–Trinajstić information content (AvgIpc) is 2.46. The number of ether oxygens (including phenoxy) is 2. The summed E-state index contributed by atoms with van der Waals surface area (Å²) in [5.41, 5.74) is 0.459. The van der Waals surface area contributed by atoms with Gasteiger partial charge in [-0.25, -0.2) is 4.39 Å². The minimum atomic E-state index is -0.367. The van der Waals surface area contributed by atoms with Gasteiger partial charge in [0.2, 0.25) is 5.91 Å². The Balaban J connectivity index is 1.87. The maximum atomic E-state index is 13.3. The summed E-state index contributed by atoms with van der Waals surface area (Å²) in [6.45, 7) is 2.82. The Morgan fingerprint density at radius 1 is 1.39 bits per heavy atom. The van der Waals surface area contributed by atoms with E-state index in [9.17, 15) is 9.18 Å². The zero-order chi connectivity index (χ0) is 16.4. The Morgan fingerprint density at radius 3 is 2.78 bits per heavy atom. The van der Waals surface area contributed by atoms with Crippen molar-refractivity contribution in [3.63, 3.8) is 0 Å². The molecule has 0 radical (unpaired) electrons. The fourth-order valence-electron chi connectivity index (χ4n) is 3.60. The average molecular weight is 342 g/mol. The first-order valence-electron chi connectivity index (χ1n) is 7.95. The topological polar surface area (TPSA) is 47.6 Å². The highest BCUT2D eigenvalue weighted by Gasteiger charge is 2.43. The van der Waals surface area contributed by atoms with Gasteiger partial charge in [0.1, 0.15) is 5.82 Å². The van der Waals surface area contributed by atoms with Crippen molar-refractivity contribution in [3.8, 4) is 0 Å². The number of carbonyl (C=O) groups excluding carboxylic acids is 1. The number of hydrogen-bond donors (Lipinski definition) is 1. The van der Waals surface area contributed by atoms with Crippen molar-refractivity contribution in [3.05, 3.63) is 34.6 Å². The Labute approximate surface area is 140 Å². The van der Waals surface area contributed by atoms with Crippen LogP contribution in [0.1, 0.15) is 44.3 Å². The Morgan fingerprint density at radius 2 is 2.13 bits per heavy atom. The summed E-state index contributed by atoms with van der Waals surface area (Å²) in [7, 11) is 0. The molecule has 1 N–H and O–H groups in total. The van der Waals surface area contributed by atoms with Crippen LogP contribution in [0.2, 0.25) is 5.02 Å². The number of rotatable bonds is 2.